The van der Waals surface area contributed by atoms with Crippen LogP contribution in [0.4, 0.5) is 0 Å². The maximum atomic E-state index is 12.1. The van der Waals surface area contributed by atoms with Crippen molar-refractivity contribution in [3.05, 3.63) is 68.7 Å². The zero-order valence-electron chi connectivity index (χ0n) is 12.6. The fraction of sp³-hybridized carbons (Fsp3) is 0.176. The Morgan fingerprint density at radius 2 is 2.04 bits per heavy atom. The summed E-state index contributed by atoms with van der Waals surface area (Å²) in [6, 6.07) is 7.06. The van der Waals surface area contributed by atoms with Gasteiger partial charge in [-0.15, -0.1) is 0 Å². The Labute approximate surface area is 137 Å². The highest BCUT2D eigenvalue weighted by atomic mass is 35.5. The fourth-order valence-corrected chi connectivity index (χ4v) is 2.69. The minimum atomic E-state index is -0.371. The van der Waals surface area contributed by atoms with E-state index < -0.39 is 0 Å². The van der Waals surface area contributed by atoms with Crippen LogP contribution in [0.3, 0.4) is 0 Å². The first-order valence-electron chi connectivity index (χ1n) is 7.27. The summed E-state index contributed by atoms with van der Waals surface area (Å²) in [7, 11) is 0. The molecule has 0 unspecified atom stereocenters. The van der Waals surface area contributed by atoms with Gasteiger partial charge in [-0.1, -0.05) is 11.6 Å². The average Bonchev–Trinajstić information content (AvgIpc) is 2.89. The summed E-state index contributed by atoms with van der Waals surface area (Å²) < 4.78 is 0. The third kappa shape index (κ3) is 3.29. The molecule has 6 heteroatoms. The van der Waals surface area contributed by atoms with Gasteiger partial charge in [0.2, 0.25) is 0 Å². The monoisotopic (exact) mass is 329 g/mol. The van der Waals surface area contributed by atoms with E-state index in [1.807, 2.05) is 24.4 Å². The number of pyridine rings is 1. The highest BCUT2D eigenvalue weighted by Crippen LogP contribution is 2.22. The van der Waals surface area contributed by atoms with Gasteiger partial charge in [-0.25, -0.2) is 0 Å². The quantitative estimate of drug-likeness (QED) is 0.688. The molecule has 0 spiro atoms. The van der Waals surface area contributed by atoms with Crippen molar-refractivity contribution in [1.29, 1.82) is 0 Å². The molecule has 118 valence electrons. The van der Waals surface area contributed by atoms with Crippen LogP contribution in [0.15, 0.2) is 41.5 Å². The van der Waals surface area contributed by atoms with Crippen molar-refractivity contribution < 1.29 is 4.79 Å². The zero-order chi connectivity index (χ0) is 16.4. The number of halogens is 1. The van der Waals surface area contributed by atoms with E-state index in [4.69, 9.17) is 11.6 Å². The number of aromatic nitrogens is 2. The van der Waals surface area contributed by atoms with Gasteiger partial charge in [0.25, 0.3) is 5.91 Å². The van der Waals surface area contributed by atoms with E-state index in [1.54, 1.807) is 6.92 Å². The maximum Gasteiger partial charge on any atom is 0.256 e. The molecule has 0 aliphatic rings. The third-order valence-electron chi connectivity index (χ3n) is 3.71. The van der Waals surface area contributed by atoms with Crippen LogP contribution in [-0.4, -0.2) is 22.4 Å². The third-order valence-corrected chi connectivity index (χ3v) is 3.95. The number of fused-ring (bicyclic) bond motifs is 1. The molecule has 3 aromatic rings. The normalized spacial score (nSPS) is 10.9. The van der Waals surface area contributed by atoms with Gasteiger partial charge in [0.1, 0.15) is 5.56 Å². The molecule has 0 fully saturated rings. The van der Waals surface area contributed by atoms with Gasteiger partial charge in [0.15, 0.2) is 5.43 Å². The Morgan fingerprint density at radius 1 is 1.22 bits per heavy atom. The van der Waals surface area contributed by atoms with Crippen molar-refractivity contribution in [2.24, 2.45) is 0 Å². The van der Waals surface area contributed by atoms with Crippen molar-refractivity contribution in [3.63, 3.8) is 0 Å². The van der Waals surface area contributed by atoms with Crippen LogP contribution in [0.25, 0.3) is 10.9 Å². The Bertz CT molecular complexity index is 927. The number of aryl methyl sites for hydroxylation is 1. The second-order valence-electron chi connectivity index (χ2n) is 5.40. The second kappa shape index (κ2) is 6.30. The molecular formula is C17H16ClN3O2. The summed E-state index contributed by atoms with van der Waals surface area (Å²) >= 11 is 6.02. The van der Waals surface area contributed by atoms with Crippen LogP contribution >= 0.6 is 11.6 Å². The fourth-order valence-electron chi connectivity index (χ4n) is 2.51. The van der Waals surface area contributed by atoms with Crippen LogP contribution in [0, 0.1) is 6.92 Å². The first kappa shape index (κ1) is 15.4. The molecule has 0 saturated carbocycles. The van der Waals surface area contributed by atoms with E-state index in [1.165, 1.54) is 12.3 Å². The Hall–Kier alpha value is -2.53. The number of hydrogen-bond donors (Lipinski definition) is 3. The van der Waals surface area contributed by atoms with Crippen molar-refractivity contribution in [2.45, 2.75) is 13.3 Å². The van der Waals surface area contributed by atoms with Gasteiger partial charge in [0.05, 0.1) is 0 Å². The summed E-state index contributed by atoms with van der Waals surface area (Å²) in [5, 5.41) is 4.49. The predicted molar refractivity (Wildman–Crippen MR) is 91.1 cm³/mol. The molecule has 0 radical (unpaired) electrons. The zero-order valence-corrected chi connectivity index (χ0v) is 13.3. The number of aromatic amines is 2. The van der Waals surface area contributed by atoms with E-state index in [0.717, 1.165) is 22.2 Å². The summed E-state index contributed by atoms with van der Waals surface area (Å²) in [5.74, 6) is -0.371. The predicted octanol–water partition coefficient (Wildman–Crippen LogP) is 2.79. The van der Waals surface area contributed by atoms with Crippen molar-refractivity contribution in [2.75, 3.05) is 6.54 Å². The van der Waals surface area contributed by atoms with E-state index in [2.05, 4.69) is 15.3 Å². The molecule has 1 amide bonds. The summed E-state index contributed by atoms with van der Waals surface area (Å²) in [4.78, 5) is 29.9. The van der Waals surface area contributed by atoms with Crippen molar-refractivity contribution >= 4 is 28.4 Å². The molecular weight excluding hydrogens is 314 g/mol. The number of nitrogens with one attached hydrogen (secondary N) is 3. The first-order chi connectivity index (χ1) is 11.0. The molecule has 1 aromatic carbocycles. The van der Waals surface area contributed by atoms with Gasteiger partial charge in [-0.05, 0) is 37.1 Å². The SMILES string of the molecule is Cc1cc(=O)c(C(=O)NCCc2c[nH]c3ccc(Cl)cc23)c[nH]1. The molecule has 5 nitrogen and oxygen atoms in total. The van der Waals surface area contributed by atoms with Crippen LogP contribution in [0.5, 0.6) is 0 Å². The molecule has 23 heavy (non-hydrogen) atoms. The molecule has 0 atom stereocenters. The number of H-pyrrole nitrogens is 2. The molecule has 0 aliphatic heterocycles. The lowest BCUT2D eigenvalue weighted by Gasteiger charge is -2.05. The number of rotatable bonds is 4. The highest BCUT2D eigenvalue weighted by molar-refractivity contribution is 6.31. The smallest absolute Gasteiger partial charge is 0.256 e. The molecule has 0 saturated heterocycles. The summed E-state index contributed by atoms with van der Waals surface area (Å²) in [6.07, 6.45) is 4.00. The maximum absolute atomic E-state index is 12.1. The van der Waals surface area contributed by atoms with E-state index >= 15 is 0 Å². The number of benzene rings is 1. The van der Waals surface area contributed by atoms with Gasteiger partial charge < -0.3 is 15.3 Å². The van der Waals surface area contributed by atoms with Gasteiger partial charge in [-0.3, -0.25) is 9.59 Å². The van der Waals surface area contributed by atoms with Crippen LogP contribution in [-0.2, 0) is 6.42 Å². The number of amides is 1. The van der Waals surface area contributed by atoms with Crippen molar-refractivity contribution in [3.8, 4) is 0 Å². The molecule has 0 aliphatic carbocycles. The Morgan fingerprint density at radius 3 is 2.83 bits per heavy atom. The Balaban J connectivity index is 1.67. The topological polar surface area (TPSA) is 77.8 Å². The largest absolute Gasteiger partial charge is 0.364 e. The lowest BCUT2D eigenvalue weighted by molar-refractivity contribution is 0.0952. The number of carbonyl (C=O) groups excluding carboxylic acids is 1. The van der Waals surface area contributed by atoms with Gasteiger partial charge in [0, 0.05) is 46.6 Å². The first-order valence-corrected chi connectivity index (χ1v) is 7.65. The molecule has 3 rings (SSSR count). The molecule has 3 N–H and O–H groups in total. The Kier molecular flexibility index (Phi) is 4.21. The van der Waals surface area contributed by atoms with E-state index in [0.29, 0.717) is 18.0 Å². The van der Waals surface area contributed by atoms with Gasteiger partial charge in [-0.2, -0.15) is 0 Å². The van der Waals surface area contributed by atoms with Crippen LogP contribution in [0.2, 0.25) is 5.02 Å². The number of hydrogen-bond acceptors (Lipinski definition) is 2. The molecule has 2 aromatic heterocycles. The van der Waals surface area contributed by atoms with Crippen LogP contribution < -0.4 is 10.7 Å². The summed E-state index contributed by atoms with van der Waals surface area (Å²) in [5.41, 5.74) is 2.64. The van der Waals surface area contributed by atoms with Crippen molar-refractivity contribution in [1.82, 2.24) is 15.3 Å². The minimum Gasteiger partial charge on any atom is -0.364 e. The highest BCUT2D eigenvalue weighted by Gasteiger charge is 2.10. The lowest BCUT2D eigenvalue weighted by atomic mass is 10.1. The lowest BCUT2D eigenvalue weighted by Crippen LogP contribution is -2.30. The van der Waals surface area contributed by atoms with Gasteiger partial charge >= 0.3 is 0 Å². The second-order valence-corrected chi connectivity index (χ2v) is 5.84. The van der Waals surface area contributed by atoms with Crippen LogP contribution in [0.1, 0.15) is 21.6 Å². The number of carbonyl (C=O) groups is 1. The summed E-state index contributed by atoms with van der Waals surface area (Å²) in [6.45, 7) is 2.21. The standard InChI is InChI=1S/C17H16ClN3O2/c1-10-6-16(22)14(9-20-10)17(23)19-5-4-11-8-21-15-3-2-12(18)7-13(11)15/h2-3,6-9,21H,4-5H2,1H3,(H,19,23)(H,20,22). The minimum absolute atomic E-state index is 0.123. The van der Waals surface area contributed by atoms with E-state index in [9.17, 15) is 9.59 Å². The average molecular weight is 330 g/mol. The molecule has 2 heterocycles. The molecule has 0 bridgehead atoms. The van der Waals surface area contributed by atoms with E-state index in [-0.39, 0.29) is 16.9 Å².